The van der Waals surface area contributed by atoms with Gasteiger partial charge in [-0.05, 0) is 69.0 Å². The summed E-state index contributed by atoms with van der Waals surface area (Å²) < 4.78 is 48.9. The van der Waals surface area contributed by atoms with Gasteiger partial charge in [0.1, 0.15) is 0 Å². The van der Waals surface area contributed by atoms with Gasteiger partial charge in [0.15, 0.2) is 23.1 Å². The first-order valence-electron chi connectivity index (χ1n) is 16.2. The molecule has 0 aliphatic heterocycles. The number of thiophene rings is 1. The van der Waals surface area contributed by atoms with Gasteiger partial charge in [-0.2, -0.15) is 0 Å². The Morgan fingerprint density at radius 3 is 2.06 bits per heavy atom. The number of hydrogen-bond donors (Lipinski definition) is 0. The van der Waals surface area contributed by atoms with Crippen molar-refractivity contribution in [3.63, 3.8) is 0 Å². The molecular formula is C37H35ClF2N2O7S. The van der Waals surface area contributed by atoms with Gasteiger partial charge in [0.2, 0.25) is 5.91 Å². The van der Waals surface area contributed by atoms with E-state index >= 15 is 0 Å². The Balaban J connectivity index is 1.34. The number of nitrogens with zero attached hydrogens (tertiary/aromatic N) is 2. The molecule has 3 heterocycles. The van der Waals surface area contributed by atoms with Crippen LogP contribution in [-0.4, -0.2) is 47.1 Å². The van der Waals surface area contributed by atoms with Crippen LogP contribution in [0.2, 0.25) is 4.34 Å². The summed E-state index contributed by atoms with van der Waals surface area (Å²) in [4.78, 5) is 54.8. The van der Waals surface area contributed by atoms with Gasteiger partial charge in [0, 0.05) is 40.2 Å². The maximum absolute atomic E-state index is 15.0. The predicted octanol–water partition coefficient (Wildman–Crippen LogP) is 8.55. The van der Waals surface area contributed by atoms with E-state index in [4.69, 9.17) is 25.8 Å². The quantitative estimate of drug-likeness (QED) is 0.117. The molecular weight excluding hydrogens is 690 g/mol. The second-order valence-electron chi connectivity index (χ2n) is 12.5. The minimum Gasteiger partial charge on any atom is -0.494 e. The first kappa shape index (κ1) is 35.3. The highest BCUT2D eigenvalue weighted by Crippen LogP contribution is 2.38. The highest BCUT2D eigenvalue weighted by Gasteiger charge is 2.32. The molecule has 1 saturated carbocycles. The van der Waals surface area contributed by atoms with Gasteiger partial charge in [-0.25, -0.2) is 8.78 Å². The van der Waals surface area contributed by atoms with Gasteiger partial charge < -0.3 is 14.2 Å². The number of carbonyl (C=O) groups excluding carboxylic acids is 4. The summed E-state index contributed by atoms with van der Waals surface area (Å²) in [5.74, 6) is -5.27. The number of benzene rings is 2. The fourth-order valence-corrected chi connectivity index (χ4v) is 8.09. The summed E-state index contributed by atoms with van der Waals surface area (Å²) in [5.41, 5.74) is 2.04. The number of halogens is 3. The van der Waals surface area contributed by atoms with Crippen LogP contribution in [0.1, 0.15) is 81.9 Å². The zero-order chi connectivity index (χ0) is 36.0. The summed E-state index contributed by atoms with van der Waals surface area (Å²) in [6.45, 7) is 4.82. The Morgan fingerprint density at radius 1 is 0.880 bits per heavy atom. The zero-order valence-corrected chi connectivity index (χ0v) is 29.7. The van der Waals surface area contributed by atoms with E-state index in [1.807, 2.05) is 0 Å². The number of esters is 2. The third kappa shape index (κ3) is 6.19. The van der Waals surface area contributed by atoms with Crippen molar-refractivity contribution in [2.24, 2.45) is 5.92 Å². The molecule has 1 fully saturated rings. The van der Waals surface area contributed by atoms with E-state index in [9.17, 15) is 28.0 Å². The SMILES string of the molecule is COc1cc2c(CC(=O)OC(=O)C(C)c3c(C)n(C(=O)c4ccc(Cl)s4)c4cc(F)c(OC)cc34)c(C)n(C(=O)C3CCCCC3)c2cc1F. The van der Waals surface area contributed by atoms with Crippen LogP contribution in [0.25, 0.3) is 21.8 Å². The van der Waals surface area contributed by atoms with Crippen molar-refractivity contribution in [1.29, 1.82) is 0 Å². The predicted molar refractivity (Wildman–Crippen MR) is 186 cm³/mol. The number of methoxy groups -OCH3 is 2. The van der Waals surface area contributed by atoms with Crippen LogP contribution in [0.3, 0.4) is 0 Å². The van der Waals surface area contributed by atoms with Crippen molar-refractivity contribution in [2.75, 3.05) is 14.2 Å². The second-order valence-corrected chi connectivity index (χ2v) is 14.2. The molecule has 1 atom stereocenters. The molecule has 50 heavy (non-hydrogen) atoms. The molecule has 0 N–H and O–H groups in total. The molecule has 1 aliphatic rings. The van der Waals surface area contributed by atoms with E-state index in [1.165, 1.54) is 48.5 Å². The van der Waals surface area contributed by atoms with Crippen LogP contribution in [0.4, 0.5) is 8.78 Å². The van der Waals surface area contributed by atoms with E-state index in [-0.39, 0.29) is 28.8 Å². The highest BCUT2D eigenvalue weighted by molar-refractivity contribution is 7.18. The molecule has 0 saturated heterocycles. The average Bonchev–Trinajstić information content (AvgIpc) is 3.73. The smallest absolute Gasteiger partial charge is 0.320 e. The highest BCUT2D eigenvalue weighted by atomic mass is 35.5. The average molecular weight is 725 g/mol. The van der Waals surface area contributed by atoms with E-state index in [0.717, 1.165) is 49.5 Å². The molecule has 1 unspecified atom stereocenters. The van der Waals surface area contributed by atoms with Gasteiger partial charge in [-0.1, -0.05) is 30.9 Å². The number of hydrogen-bond acceptors (Lipinski definition) is 8. The third-order valence-corrected chi connectivity index (χ3v) is 10.8. The minimum atomic E-state index is -1.08. The standard InChI is InChI=1S/C37H35ClF2N2O7S/c1-18(34-20(3)42(36(45)31-11-12-32(38)50-31)28-17-26(40)30(48-5)14-24(28)34)37(46)49-33(43)15-22-19(2)41(35(44)21-9-7-6-8-10-21)27-16-25(39)29(47-4)13-23(22)27/h11-14,16-18,21H,6-10,15H2,1-5H3. The zero-order valence-electron chi connectivity index (χ0n) is 28.2. The second kappa shape index (κ2) is 14.0. The monoisotopic (exact) mass is 724 g/mol. The lowest BCUT2D eigenvalue weighted by atomic mass is 9.88. The molecule has 0 amide bonds. The van der Waals surface area contributed by atoms with Gasteiger partial charge in [-0.3, -0.25) is 28.3 Å². The Hall–Kier alpha value is -4.55. The lowest BCUT2D eigenvalue weighted by Gasteiger charge is -2.22. The Kier molecular flexibility index (Phi) is 9.87. The van der Waals surface area contributed by atoms with Gasteiger partial charge in [-0.15, -0.1) is 11.3 Å². The van der Waals surface area contributed by atoms with Crippen molar-refractivity contribution in [2.45, 2.75) is 65.2 Å². The van der Waals surface area contributed by atoms with Crippen molar-refractivity contribution in [3.05, 3.63) is 79.8 Å². The first-order valence-corrected chi connectivity index (χ1v) is 17.4. The minimum absolute atomic E-state index is 0.0582. The fourth-order valence-electron chi connectivity index (χ4n) is 7.12. The first-order chi connectivity index (χ1) is 23.9. The number of aromatic nitrogens is 2. The number of carbonyl (C=O) groups is 4. The molecule has 5 aromatic rings. The molecule has 1 aliphatic carbocycles. The lowest BCUT2D eigenvalue weighted by molar-refractivity contribution is -0.160. The number of fused-ring (bicyclic) bond motifs is 2. The summed E-state index contributed by atoms with van der Waals surface area (Å²) in [6.07, 6.45) is 3.95. The van der Waals surface area contributed by atoms with Gasteiger partial charge in [0.25, 0.3) is 5.91 Å². The van der Waals surface area contributed by atoms with Crippen LogP contribution in [-0.2, 0) is 20.7 Å². The Bertz CT molecular complexity index is 2190. The number of rotatable bonds is 8. The van der Waals surface area contributed by atoms with Crippen LogP contribution >= 0.6 is 22.9 Å². The molecule has 0 spiro atoms. The van der Waals surface area contributed by atoms with Crippen molar-refractivity contribution in [1.82, 2.24) is 9.13 Å². The van der Waals surface area contributed by atoms with Crippen molar-refractivity contribution < 1.29 is 42.2 Å². The summed E-state index contributed by atoms with van der Waals surface area (Å²) in [7, 11) is 2.62. The maximum atomic E-state index is 15.0. The molecule has 6 rings (SSSR count). The molecule has 3 aromatic heterocycles. The van der Waals surface area contributed by atoms with E-state index in [1.54, 1.807) is 26.0 Å². The molecule has 13 heteroatoms. The van der Waals surface area contributed by atoms with Crippen LogP contribution in [0.5, 0.6) is 11.5 Å². The summed E-state index contributed by atoms with van der Waals surface area (Å²) in [5, 5.41) is 0.797. The fraction of sp³-hybridized carbons (Fsp3) is 0.351. The Morgan fingerprint density at radius 2 is 1.48 bits per heavy atom. The summed E-state index contributed by atoms with van der Waals surface area (Å²) >= 11 is 7.14. The maximum Gasteiger partial charge on any atom is 0.320 e. The van der Waals surface area contributed by atoms with Crippen LogP contribution in [0.15, 0.2) is 36.4 Å². The molecule has 0 bridgehead atoms. The van der Waals surface area contributed by atoms with Crippen molar-refractivity contribution in [3.8, 4) is 11.5 Å². The van der Waals surface area contributed by atoms with E-state index < -0.39 is 41.8 Å². The van der Waals surface area contributed by atoms with E-state index in [2.05, 4.69) is 0 Å². The van der Waals surface area contributed by atoms with Crippen LogP contribution in [0, 0.1) is 31.4 Å². The van der Waals surface area contributed by atoms with Crippen LogP contribution < -0.4 is 9.47 Å². The Labute approximate surface area is 295 Å². The lowest BCUT2D eigenvalue weighted by Crippen LogP contribution is -2.25. The third-order valence-electron chi connectivity index (χ3n) is 9.62. The molecule has 2 aromatic carbocycles. The molecule has 0 radical (unpaired) electrons. The molecule has 9 nitrogen and oxygen atoms in total. The normalized spacial score (nSPS) is 14.2. The van der Waals surface area contributed by atoms with Crippen molar-refractivity contribution >= 4 is 68.5 Å². The number of ether oxygens (including phenoxy) is 3. The largest absolute Gasteiger partial charge is 0.494 e. The topological polar surface area (TPSA) is 106 Å². The molecule has 262 valence electrons. The van der Waals surface area contributed by atoms with Gasteiger partial charge >= 0.3 is 11.9 Å². The van der Waals surface area contributed by atoms with Gasteiger partial charge in [0.05, 0.1) is 46.8 Å². The summed E-state index contributed by atoms with van der Waals surface area (Å²) in [6, 6.07) is 8.36. The van der Waals surface area contributed by atoms with E-state index in [0.29, 0.717) is 48.0 Å².